The number of nitrogens with zero attached hydrogens (tertiary/aromatic N) is 1. The average molecular weight is 441 g/mol. The van der Waals surface area contributed by atoms with Gasteiger partial charge in [-0.3, -0.25) is 9.59 Å². The molecule has 1 aliphatic heterocycles. The molecule has 0 aliphatic carbocycles. The molecule has 6 nitrogen and oxygen atoms in total. The highest BCUT2D eigenvalue weighted by Crippen LogP contribution is 2.38. The minimum absolute atomic E-state index is 0.0135. The SMILES string of the molecule is CC(C)Oc1ccc(C([O-])=C2C(=O)C(=O)N(CCC[NH+](C)C)C2c2ccc(F)cc2)cc1. The van der Waals surface area contributed by atoms with Crippen LogP contribution in [-0.4, -0.2) is 49.9 Å². The highest BCUT2D eigenvalue weighted by Gasteiger charge is 2.43. The topological polar surface area (TPSA) is 74.1 Å². The molecule has 0 saturated carbocycles. The van der Waals surface area contributed by atoms with Gasteiger partial charge in [0.15, 0.2) is 0 Å². The zero-order chi connectivity index (χ0) is 23.4. The summed E-state index contributed by atoms with van der Waals surface area (Å²) in [5, 5.41) is 13.4. The van der Waals surface area contributed by atoms with Gasteiger partial charge in [-0.1, -0.05) is 30.0 Å². The first kappa shape index (κ1) is 23.5. The molecule has 1 fully saturated rings. The van der Waals surface area contributed by atoms with Crippen molar-refractivity contribution in [1.82, 2.24) is 4.90 Å². The predicted octanol–water partition coefficient (Wildman–Crippen LogP) is 1.37. The summed E-state index contributed by atoms with van der Waals surface area (Å²) < 4.78 is 19.1. The van der Waals surface area contributed by atoms with Crippen LogP contribution >= 0.6 is 0 Å². The number of benzene rings is 2. The highest BCUT2D eigenvalue weighted by molar-refractivity contribution is 6.46. The molecule has 0 bridgehead atoms. The molecule has 1 amide bonds. The Labute approximate surface area is 187 Å². The smallest absolute Gasteiger partial charge is 0.295 e. The first-order chi connectivity index (χ1) is 15.2. The van der Waals surface area contributed by atoms with Gasteiger partial charge in [-0.25, -0.2) is 4.39 Å². The lowest BCUT2D eigenvalue weighted by Crippen LogP contribution is -3.05. The Hall–Kier alpha value is -3.19. The van der Waals surface area contributed by atoms with E-state index in [4.69, 9.17) is 4.74 Å². The summed E-state index contributed by atoms with van der Waals surface area (Å²) in [7, 11) is 4.00. The first-order valence-electron chi connectivity index (χ1n) is 10.8. The molecule has 1 saturated heterocycles. The Morgan fingerprint density at radius 2 is 1.72 bits per heavy atom. The van der Waals surface area contributed by atoms with Crippen molar-refractivity contribution in [2.24, 2.45) is 0 Å². The number of rotatable bonds is 8. The van der Waals surface area contributed by atoms with Crippen LogP contribution in [-0.2, 0) is 9.59 Å². The van der Waals surface area contributed by atoms with Gasteiger partial charge in [0.1, 0.15) is 11.6 Å². The van der Waals surface area contributed by atoms with Crippen LogP contribution in [0.1, 0.15) is 37.4 Å². The number of hydrogen-bond donors (Lipinski definition) is 1. The van der Waals surface area contributed by atoms with Crippen molar-refractivity contribution in [3.8, 4) is 5.75 Å². The predicted molar refractivity (Wildman–Crippen MR) is 117 cm³/mol. The first-order valence-corrected chi connectivity index (χ1v) is 10.8. The molecule has 1 N–H and O–H groups in total. The Kier molecular flexibility index (Phi) is 7.30. The van der Waals surface area contributed by atoms with Crippen molar-refractivity contribution in [2.45, 2.75) is 32.4 Å². The van der Waals surface area contributed by atoms with Gasteiger partial charge in [0.05, 0.1) is 32.8 Å². The molecule has 32 heavy (non-hydrogen) atoms. The number of nitrogens with one attached hydrogen (secondary N) is 1. The van der Waals surface area contributed by atoms with E-state index >= 15 is 0 Å². The van der Waals surface area contributed by atoms with E-state index in [1.54, 1.807) is 24.3 Å². The van der Waals surface area contributed by atoms with Crippen molar-refractivity contribution < 1.29 is 28.7 Å². The van der Waals surface area contributed by atoms with E-state index in [0.717, 1.165) is 6.54 Å². The highest BCUT2D eigenvalue weighted by atomic mass is 19.1. The molecule has 0 radical (unpaired) electrons. The molecule has 1 aliphatic rings. The van der Waals surface area contributed by atoms with Gasteiger partial charge in [0.25, 0.3) is 5.91 Å². The van der Waals surface area contributed by atoms with Crippen molar-refractivity contribution in [3.05, 3.63) is 71.0 Å². The Balaban J connectivity index is 2.03. The number of halogens is 1. The van der Waals surface area contributed by atoms with Gasteiger partial charge in [-0.2, -0.15) is 0 Å². The van der Waals surface area contributed by atoms with Crippen molar-refractivity contribution >= 4 is 17.4 Å². The number of carbonyl (C=O) groups is 2. The van der Waals surface area contributed by atoms with Crippen molar-refractivity contribution in [3.63, 3.8) is 0 Å². The van der Waals surface area contributed by atoms with Gasteiger partial charge in [0.2, 0.25) is 5.78 Å². The largest absolute Gasteiger partial charge is 0.872 e. The average Bonchev–Trinajstić information content (AvgIpc) is 2.99. The number of ether oxygens (including phenoxy) is 1. The third kappa shape index (κ3) is 5.16. The fourth-order valence-electron chi connectivity index (χ4n) is 3.81. The number of Topliss-reactive ketones (excluding diaryl/α,β-unsaturated/α-hetero) is 1. The number of likely N-dealkylation sites (tertiary alicyclic amines) is 1. The maximum absolute atomic E-state index is 13.5. The quantitative estimate of drug-likeness (QED) is 0.382. The molecule has 170 valence electrons. The molecule has 1 heterocycles. The zero-order valence-electron chi connectivity index (χ0n) is 18.9. The molecule has 0 spiro atoms. The van der Waals surface area contributed by atoms with Gasteiger partial charge in [-0.05, 0) is 49.2 Å². The van der Waals surface area contributed by atoms with E-state index in [0.29, 0.717) is 29.8 Å². The fourth-order valence-corrected chi connectivity index (χ4v) is 3.81. The molecule has 0 aromatic heterocycles. The molecule has 1 atom stereocenters. The second-order valence-corrected chi connectivity index (χ2v) is 8.53. The van der Waals surface area contributed by atoms with E-state index < -0.39 is 29.3 Å². The van der Waals surface area contributed by atoms with Crippen LogP contribution < -0.4 is 14.7 Å². The summed E-state index contributed by atoms with van der Waals surface area (Å²) in [5.74, 6) is -1.83. The lowest BCUT2D eigenvalue weighted by atomic mass is 9.95. The van der Waals surface area contributed by atoms with E-state index in [1.165, 1.54) is 34.1 Å². The van der Waals surface area contributed by atoms with Crippen LogP contribution in [0.3, 0.4) is 0 Å². The molecular weight excluding hydrogens is 411 g/mol. The molecule has 2 aromatic rings. The lowest BCUT2D eigenvalue weighted by Gasteiger charge is -2.27. The van der Waals surface area contributed by atoms with E-state index in [9.17, 15) is 19.1 Å². The standard InChI is InChI=1S/C25H29FN2O4/c1-16(2)32-20-12-8-18(9-13-20)23(29)21-22(17-6-10-19(26)11-7-17)28(25(31)24(21)30)15-5-14-27(3)4/h6-13,16,22,29H,5,14-15H2,1-4H3. The Morgan fingerprint density at radius 1 is 1.09 bits per heavy atom. The van der Waals surface area contributed by atoms with E-state index in [1.807, 2.05) is 27.9 Å². The summed E-state index contributed by atoms with van der Waals surface area (Å²) in [5.41, 5.74) is 0.728. The zero-order valence-corrected chi connectivity index (χ0v) is 18.9. The van der Waals surface area contributed by atoms with Gasteiger partial charge >= 0.3 is 0 Å². The molecular formula is C25H29FN2O4. The van der Waals surface area contributed by atoms with E-state index in [-0.39, 0.29) is 11.7 Å². The summed E-state index contributed by atoms with van der Waals surface area (Å²) in [4.78, 5) is 28.4. The number of ketones is 1. The minimum atomic E-state index is -0.841. The molecule has 3 rings (SSSR count). The Bertz CT molecular complexity index is 998. The number of carbonyl (C=O) groups excluding carboxylic acids is 2. The monoisotopic (exact) mass is 440 g/mol. The third-order valence-electron chi connectivity index (χ3n) is 5.28. The Morgan fingerprint density at radius 3 is 2.28 bits per heavy atom. The fraction of sp³-hybridized carbons (Fsp3) is 0.360. The second-order valence-electron chi connectivity index (χ2n) is 8.53. The van der Waals surface area contributed by atoms with E-state index in [2.05, 4.69) is 0 Å². The molecule has 7 heteroatoms. The number of hydrogen-bond acceptors (Lipinski definition) is 4. The summed E-state index contributed by atoms with van der Waals surface area (Å²) in [6.07, 6.45) is 0.655. The second kappa shape index (κ2) is 9.96. The third-order valence-corrected chi connectivity index (χ3v) is 5.28. The van der Waals surface area contributed by atoms with Gasteiger partial charge in [0, 0.05) is 18.5 Å². The van der Waals surface area contributed by atoms with Crippen LogP contribution in [0.2, 0.25) is 0 Å². The summed E-state index contributed by atoms with van der Waals surface area (Å²) in [6.45, 7) is 4.93. The summed E-state index contributed by atoms with van der Waals surface area (Å²) >= 11 is 0. The van der Waals surface area contributed by atoms with Crippen LogP contribution in [0.15, 0.2) is 54.1 Å². The minimum Gasteiger partial charge on any atom is -0.872 e. The molecule has 2 aromatic carbocycles. The van der Waals surface area contributed by atoms with Gasteiger partial charge < -0.3 is 19.6 Å². The number of quaternary nitrogens is 1. The van der Waals surface area contributed by atoms with Crippen LogP contribution in [0.25, 0.3) is 5.76 Å². The van der Waals surface area contributed by atoms with Crippen LogP contribution in [0, 0.1) is 5.82 Å². The van der Waals surface area contributed by atoms with Crippen LogP contribution in [0.5, 0.6) is 5.75 Å². The van der Waals surface area contributed by atoms with Gasteiger partial charge in [-0.15, -0.1) is 0 Å². The van der Waals surface area contributed by atoms with Crippen molar-refractivity contribution in [1.29, 1.82) is 0 Å². The van der Waals surface area contributed by atoms with Crippen molar-refractivity contribution in [2.75, 3.05) is 27.2 Å². The maximum Gasteiger partial charge on any atom is 0.295 e. The lowest BCUT2D eigenvalue weighted by molar-refractivity contribution is -0.858. The molecule has 1 unspecified atom stereocenters. The van der Waals surface area contributed by atoms with Crippen LogP contribution in [0.4, 0.5) is 4.39 Å². The maximum atomic E-state index is 13.5. The normalized spacial score (nSPS) is 18.1. The summed E-state index contributed by atoms with van der Waals surface area (Å²) in [6, 6.07) is 11.2. The number of amides is 1.